The van der Waals surface area contributed by atoms with Gasteiger partial charge in [0.15, 0.2) is 0 Å². The lowest BCUT2D eigenvalue weighted by Crippen LogP contribution is -2.48. The highest BCUT2D eigenvalue weighted by Crippen LogP contribution is 2.37. The van der Waals surface area contributed by atoms with Crippen LogP contribution in [0.4, 0.5) is 11.4 Å². The van der Waals surface area contributed by atoms with Crippen LogP contribution in [-0.4, -0.2) is 49.0 Å². The van der Waals surface area contributed by atoms with Crippen LogP contribution >= 0.6 is 0 Å². The third-order valence-corrected chi connectivity index (χ3v) is 3.82. The highest BCUT2D eigenvalue weighted by Gasteiger charge is 2.24. The zero-order chi connectivity index (χ0) is 15.6. The van der Waals surface area contributed by atoms with Crippen molar-refractivity contribution < 1.29 is 14.5 Å². The Morgan fingerprint density at radius 1 is 1.29 bits per heavy atom. The molecule has 0 spiro atoms. The van der Waals surface area contributed by atoms with Crippen LogP contribution in [0.3, 0.4) is 0 Å². The molecule has 0 unspecified atom stereocenters. The Labute approximate surface area is 123 Å². The molecule has 1 aromatic carbocycles. The van der Waals surface area contributed by atoms with Crippen molar-refractivity contribution >= 4 is 17.3 Å². The zero-order valence-electron chi connectivity index (χ0n) is 12.5. The van der Waals surface area contributed by atoms with E-state index in [1.54, 1.807) is 17.9 Å². The van der Waals surface area contributed by atoms with Crippen molar-refractivity contribution in [3.63, 3.8) is 0 Å². The molecule has 1 heterocycles. The number of nitro benzene ring substituents is 1. The summed E-state index contributed by atoms with van der Waals surface area (Å²) in [5.41, 5.74) is 1.64. The van der Waals surface area contributed by atoms with Crippen LogP contribution in [0, 0.1) is 17.0 Å². The van der Waals surface area contributed by atoms with Crippen molar-refractivity contribution in [1.29, 1.82) is 0 Å². The molecule has 1 aliphatic rings. The van der Waals surface area contributed by atoms with Gasteiger partial charge in [-0.2, -0.15) is 0 Å². The molecule has 0 radical (unpaired) electrons. The molecule has 0 aliphatic carbocycles. The second-order valence-corrected chi connectivity index (χ2v) is 5.01. The van der Waals surface area contributed by atoms with Gasteiger partial charge in [-0.05, 0) is 13.0 Å². The number of ether oxygens (including phenoxy) is 1. The molecule has 21 heavy (non-hydrogen) atoms. The summed E-state index contributed by atoms with van der Waals surface area (Å²) in [7, 11) is 1.44. The monoisotopic (exact) mass is 293 g/mol. The number of hydrogen-bond acceptors (Lipinski definition) is 5. The summed E-state index contributed by atoms with van der Waals surface area (Å²) in [6.45, 7) is 6.12. The minimum Gasteiger partial charge on any atom is -0.490 e. The quantitative estimate of drug-likeness (QED) is 0.624. The number of carbonyl (C=O) groups excluding carboxylic acids is 1. The summed E-state index contributed by atoms with van der Waals surface area (Å²) in [6, 6.07) is 3.22. The molecule has 7 heteroatoms. The van der Waals surface area contributed by atoms with Crippen LogP contribution in [0.2, 0.25) is 0 Å². The summed E-state index contributed by atoms with van der Waals surface area (Å²) in [4.78, 5) is 25.8. The molecule has 0 bridgehead atoms. The Hall–Kier alpha value is -2.31. The van der Waals surface area contributed by atoms with Crippen molar-refractivity contribution in [3.05, 3.63) is 27.8 Å². The van der Waals surface area contributed by atoms with Gasteiger partial charge < -0.3 is 14.5 Å². The van der Waals surface area contributed by atoms with Gasteiger partial charge in [-0.3, -0.25) is 14.9 Å². The van der Waals surface area contributed by atoms with E-state index in [1.165, 1.54) is 13.2 Å². The number of nitro groups is 1. The third kappa shape index (κ3) is 2.91. The van der Waals surface area contributed by atoms with Gasteiger partial charge >= 0.3 is 5.69 Å². The second kappa shape index (κ2) is 5.99. The first-order valence-electron chi connectivity index (χ1n) is 6.78. The van der Waals surface area contributed by atoms with Gasteiger partial charge in [-0.15, -0.1) is 0 Å². The van der Waals surface area contributed by atoms with Gasteiger partial charge in [-0.1, -0.05) is 0 Å². The third-order valence-electron chi connectivity index (χ3n) is 3.82. The summed E-state index contributed by atoms with van der Waals surface area (Å²) in [6.07, 6.45) is 0. The molecule has 0 aromatic heterocycles. The number of methoxy groups -OCH3 is 1. The zero-order valence-corrected chi connectivity index (χ0v) is 12.5. The first-order chi connectivity index (χ1) is 9.95. The van der Waals surface area contributed by atoms with Crippen LogP contribution in [0.25, 0.3) is 0 Å². The van der Waals surface area contributed by atoms with Gasteiger partial charge in [0.1, 0.15) is 0 Å². The molecule has 0 atom stereocenters. The predicted molar refractivity (Wildman–Crippen MR) is 78.9 cm³/mol. The first kappa shape index (κ1) is 15.1. The van der Waals surface area contributed by atoms with Crippen molar-refractivity contribution in [2.45, 2.75) is 13.8 Å². The van der Waals surface area contributed by atoms with E-state index in [9.17, 15) is 14.9 Å². The fourth-order valence-corrected chi connectivity index (χ4v) is 2.67. The fourth-order valence-electron chi connectivity index (χ4n) is 2.67. The van der Waals surface area contributed by atoms with Crippen molar-refractivity contribution in [2.75, 3.05) is 38.2 Å². The number of amides is 1. The van der Waals surface area contributed by atoms with E-state index >= 15 is 0 Å². The minimum atomic E-state index is -0.441. The normalized spacial score (nSPS) is 15.0. The SMILES string of the molecule is COc1c([N+](=O)[O-])ccc(N2CCN(C(C)=O)CC2)c1C. The number of hydrogen-bond donors (Lipinski definition) is 0. The molecular weight excluding hydrogens is 274 g/mol. The van der Waals surface area contributed by atoms with Crippen LogP contribution in [0.1, 0.15) is 12.5 Å². The standard InChI is InChI=1S/C14H19N3O4/c1-10-12(4-5-13(17(19)20)14(10)21-3)16-8-6-15(7-9-16)11(2)18/h4-5H,6-9H2,1-3H3. The first-order valence-corrected chi connectivity index (χ1v) is 6.78. The molecule has 2 rings (SSSR count). The number of rotatable bonds is 3. The second-order valence-electron chi connectivity index (χ2n) is 5.01. The number of nitrogens with zero attached hydrogens (tertiary/aromatic N) is 3. The van der Waals surface area contributed by atoms with E-state index < -0.39 is 4.92 Å². The van der Waals surface area contributed by atoms with E-state index in [4.69, 9.17) is 4.74 Å². The summed E-state index contributed by atoms with van der Waals surface area (Å²) >= 11 is 0. The topological polar surface area (TPSA) is 75.9 Å². The average molecular weight is 293 g/mol. The molecule has 1 saturated heterocycles. The maximum atomic E-state index is 11.3. The van der Waals surface area contributed by atoms with Crippen LogP contribution in [-0.2, 0) is 4.79 Å². The highest BCUT2D eigenvalue weighted by molar-refractivity contribution is 5.74. The lowest BCUT2D eigenvalue weighted by atomic mass is 10.1. The summed E-state index contributed by atoms with van der Waals surface area (Å²) in [5, 5.41) is 11.0. The van der Waals surface area contributed by atoms with E-state index in [-0.39, 0.29) is 11.6 Å². The Morgan fingerprint density at radius 2 is 1.90 bits per heavy atom. The Kier molecular flexibility index (Phi) is 4.30. The van der Waals surface area contributed by atoms with E-state index in [0.29, 0.717) is 31.9 Å². The van der Waals surface area contributed by atoms with E-state index in [0.717, 1.165) is 11.3 Å². The van der Waals surface area contributed by atoms with Crippen molar-refractivity contribution in [1.82, 2.24) is 4.90 Å². The Bertz CT molecular complexity index is 566. The van der Waals surface area contributed by atoms with E-state index in [1.807, 2.05) is 6.92 Å². The van der Waals surface area contributed by atoms with Crippen molar-refractivity contribution in [2.24, 2.45) is 0 Å². The lowest BCUT2D eigenvalue weighted by Gasteiger charge is -2.36. The van der Waals surface area contributed by atoms with Gasteiger partial charge in [0.2, 0.25) is 11.7 Å². The molecule has 1 amide bonds. The number of piperazine rings is 1. The molecule has 0 saturated carbocycles. The van der Waals surface area contributed by atoms with E-state index in [2.05, 4.69) is 4.90 Å². The van der Waals surface area contributed by atoms with Gasteiger partial charge in [-0.25, -0.2) is 0 Å². The Balaban J connectivity index is 2.26. The Morgan fingerprint density at radius 3 is 2.38 bits per heavy atom. The fraction of sp³-hybridized carbons (Fsp3) is 0.500. The molecule has 1 aliphatic heterocycles. The average Bonchev–Trinajstić information content (AvgIpc) is 2.46. The lowest BCUT2D eigenvalue weighted by molar-refractivity contribution is -0.385. The number of benzene rings is 1. The molecule has 1 fully saturated rings. The molecule has 1 aromatic rings. The van der Waals surface area contributed by atoms with Gasteiger partial charge in [0, 0.05) is 50.4 Å². The summed E-state index contributed by atoms with van der Waals surface area (Å²) < 4.78 is 5.20. The van der Waals surface area contributed by atoms with Crippen LogP contribution in [0.15, 0.2) is 12.1 Å². The van der Waals surface area contributed by atoms with Crippen LogP contribution in [0.5, 0.6) is 5.75 Å². The van der Waals surface area contributed by atoms with Crippen molar-refractivity contribution in [3.8, 4) is 5.75 Å². The molecule has 114 valence electrons. The minimum absolute atomic E-state index is 0.0267. The molecule has 7 nitrogen and oxygen atoms in total. The molecular formula is C14H19N3O4. The number of carbonyl (C=O) groups is 1. The predicted octanol–water partition coefficient (Wildman–Crippen LogP) is 1.58. The maximum absolute atomic E-state index is 11.3. The number of anilines is 1. The maximum Gasteiger partial charge on any atom is 0.311 e. The largest absolute Gasteiger partial charge is 0.490 e. The van der Waals surface area contributed by atoms with Crippen LogP contribution < -0.4 is 9.64 Å². The van der Waals surface area contributed by atoms with Gasteiger partial charge in [0.05, 0.1) is 12.0 Å². The smallest absolute Gasteiger partial charge is 0.311 e. The molecule has 0 N–H and O–H groups in total. The highest BCUT2D eigenvalue weighted by atomic mass is 16.6. The van der Waals surface area contributed by atoms with Gasteiger partial charge in [0.25, 0.3) is 0 Å². The summed E-state index contributed by atoms with van der Waals surface area (Å²) in [5.74, 6) is 0.374.